The first kappa shape index (κ1) is 27.5. The molecule has 0 bridgehead atoms. The van der Waals surface area contributed by atoms with Crippen LogP contribution in [-0.2, 0) is 28.8 Å². The maximum atomic E-state index is 12.4. The topological polar surface area (TPSA) is 238 Å². The smallest absolute Gasteiger partial charge is 0.351 e. The van der Waals surface area contributed by atoms with Crippen LogP contribution >= 0.6 is 0 Å². The van der Waals surface area contributed by atoms with Crippen LogP contribution in [0.4, 0.5) is 5.82 Å². The van der Waals surface area contributed by atoms with Gasteiger partial charge in [-0.05, 0) is 24.1 Å². The quantitative estimate of drug-likeness (QED) is 0.0868. The van der Waals surface area contributed by atoms with Crippen LogP contribution in [0.15, 0.2) is 22.3 Å². The van der Waals surface area contributed by atoms with Crippen molar-refractivity contribution >= 4 is 29.5 Å². The van der Waals surface area contributed by atoms with E-state index in [1.165, 1.54) is 12.3 Å². The number of ether oxygens (including phenoxy) is 1. The molecular weight excluding hydrogens is 496 g/mol. The van der Waals surface area contributed by atoms with Gasteiger partial charge in [-0.15, -0.1) is 10.6 Å². The summed E-state index contributed by atoms with van der Waals surface area (Å²) < 4.78 is 6.56. The van der Waals surface area contributed by atoms with Gasteiger partial charge in [0, 0.05) is 31.9 Å². The number of aliphatic hydroxyl groups excluding tert-OH is 2. The minimum atomic E-state index is -0.930. The maximum absolute atomic E-state index is 12.4. The summed E-state index contributed by atoms with van der Waals surface area (Å²) in [6, 6.07) is 0.749. The van der Waals surface area contributed by atoms with Gasteiger partial charge in [-0.2, -0.15) is 9.90 Å². The summed E-state index contributed by atoms with van der Waals surface area (Å²) in [6.45, 7) is -0.400. The average Bonchev–Trinajstić information content (AvgIpc) is 3.39. The number of aliphatic hydroxyl groups is 2. The van der Waals surface area contributed by atoms with Crippen LogP contribution in [0, 0.1) is 0 Å². The third-order valence-electron chi connectivity index (χ3n) is 5.69. The molecule has 3 rings (SSSR count). The fourth-order valence-electron chi connectivity index (χ4n) is 3.74. The van der Waals surface area contributed by atoms with Gasteiger partial charge >= 0.3 is 11.7 Å². The van der Waals surface area contributed by atoms with Gasteiger partial charge < -0.3 is 25.1 Å². The summed E-state index contributed by atoms with van der Waals surface area (Å²) in [5, 5.41) is 25.1. The zero-order valence-electron chi connectivity index (χ0n) is 19.6. The predicted octanol–water partition coefficient (Wildman–Crippen LogP) is -0.826. The fourth-order valence-corrected chi connectivity index (χ4v) is 3.74. The molecule has 4 atom stereocenters. The maximum Gasteiger partial charge on any atom is 0.351 e. The number of amides is 3. The molecule has 4 N–H and O–H groups in total. The molecule has 2 saturated heterocycles. The molecule has 17 heteroatoms. The second-order valence-corrected chi connectivity index (χ2v) is 8.30. The zero-order valence-corrected chi connectivity index (χ0v) is 19.6. The molecule has 17 nitrogen and oxygen atoms in total. The Hall–Kier alpha value is -4.05. The van der Waals surface area contributed by atoms with E-state index in [1.807, 2.05) is 0 Å². The van der Waals surface area contributed by atoms with E-state index < -0.39 is 60.5 Å². The molecule has 200 valence electrons. The van der Waals surface area contributed by atoms with Crippen molar-refractivity contribution in [3.05, 3.63) is 33.2 Å². The highest BCUT2D eigenvalue weighted by atomic mass is 16.7. The molecule has 1 aromatic rings. The number of anilines is 1. The number of imide groups is 1. The molecular formula is C20H26N8O9. The Morgan fingerprint density at radius 3 is 2.59 bits per heavy atom. The van der Waals surface area contributed by atoms with E-state index in [0.717, 1.165) is 4.57 Å². The molecule has 0 radical (unpaired) electrons. The molecule has 3 heterocycles. The Morgan fingerprint density at radius 1 is 1.27 bits per heavy atom. The molecule has 0 aromatic carbocycles. The Morgan fingerprint density at radius 2 is 1.97 bits per heavy atom. The second-order valence-electron chi connectivity index (χ2n) is 8.30. The molecule has 3 amide bonds. The SMILES string of the molecule is [N-]=[N+]=NNC(CCC(=O)Nc1ccn(C2CC(O)C(CO)O2)c(=O)n1)CCC(=O)ON1C(=O)CCC1=O. The van der Waals surface area contributed by atoms with E-state index in [2.05, 4.69) is 25.9 Å². The highest BCUT2D eigenvalue weighted by molar-refractivity contribution is 6.01. The second kappa shape index (κ2) is 12.8. The number of azide groups is 1. The number of carbonyl (C=O) groups excluding carboxylic acids is 4. The Kier molecular flexibility index (Phi) is 9.51. The zero-order chi connectivity index (χ0) is 26.9. The van der Waals surface area contributed by atoms with E-state index in [-0.39, 0.29) is 50.8 Å². The van der Waals surface area contributed by atoms with Crippen LogP contribution in [0.2, 0.25) is 0 Å². The largest absolute Gasteiger partial charge is 0.394 e. The predicted molar refractivity (Wildman–Crippen MR) is 120 cm³/mol. The third kappa shape index (κ3) is 7.47. The molecule has 0 spiro atoms. The molecule has 1 aromatic heterocycles. The Labute approximate surface area is 208 Å². The lowest BCUT2D eigenvalue weighted by Gasteiger charge is -2.15. The summed E-state index contributed by atoms with van der Waals surface area (Å²) in [4.78, 5) is 70.9. The molecule has 0 saturated carbocycles. The lowest BCUT2D eigenvalue weighted by Crippen LogP contribution is -2.33. The van der Waals surface area contributed by atoms with E-state index >= 15 is 0 Å². The van der Waals surface area contributed by atoms with Gasteiger partial charge in [0.1, 0.15) is 18.1 Å². The highest BCUT2D eigenvalue weighted by Gasteiger charge is 2.35. The first-order chi connectivity index (χ1) is 17.7. The van der Waals surface area contributed by atoms with Gasteiger partial charge in [0.2, 0.25) is 5.91 Å². The number of hydroxylamine groups is 2. The highest BCUT2D eigenvalue weighted by Crippen LogP contribution is 2.27. The molecule has 2 aliphatic heterocycles. The number of nitrogens with zero attached hydrogens (tertiary/aromatic N) is 6. The molecule has 0 aliphatic carbocycles. The van der Waals surface area contributed by atoms with Crippen LogP contribution in [-0.4, -0.2) is 73.4 Å². The molecule has 2 aliphatic rings. The van der Waals surface area contributed by atoms with Crippen molar-refractivity contribution in [3.8, 4) is 0 Å². The minimum absolute atomic E-state index is 0.0217. The van der Waals surface area contributed by atoms with Crippen LogP contribution in [0.3, 0.4) is 0 Å². The van der Waals surface area contributed by atoms with Crippen molar-refractivity contribution in [3.63, 3.8) is 0 Å². The summed E-state index contributed by atoms with van der Waals surface area (Å²) in [5.74, 6) is -2.59. The monoisotopic (exact) mass is 522 g/mol. The molecule has 4 unspecified atom stereocenters. The Bertz CT molecular complexity index is 1120. The van der Waals surface area contributed by atoms with Crippen LogP contribution in [0.1, 0.15) is 51.2 Å². The third-order valence-corrected chi connectivity index (χ3v) is 5.69. The standard InChI is InChI=1S/C20H26N8O9/c21-25-26-24-11(2-6-19(34)37-28-16(32)4-5-17(28)33)1-3-15(31)22-14-7-8-27(20(35)23-14)18-9-12(30)13(10-29)36-18/h7-8,11-13,18,24,29-30H,1-6,9-10H2,(H,22,23,31,35). The average molecular weight is 522 g/mol. The first-order valence-electron chi connectivity index (χ1n) is 11.4. The molecule has 37 heavy (non-hydrogen) atoms. The molecule has 2 fully saturated rings. The number of aromatic nitrogens is 2. The minimum Gasteiger partial charge on any atom is -0.394 e. The van der Waals surface area contributed by atoms with Gasteiger partial charge in [0.05, 0.1) is 25.2 Å². The van der Waals surface area contributed by atoms with Crippen molar-refractivity contribution in [2.45, 2.75) is 69.4 Å². The van der Waals surface area contributed by atoms with Crippen LogP contribution < -0.4 is 16.4 Å². The van der Waals surface area contributed by atoms with Crippen molar-refractivity contribution in [2.24, 2.45) is 5.22 Å². The van der Waals surface area contributed by atoms with Gasteiger partial charge in [0.15, 0.2) is 0 Å². The van der Waals surface area contributed by atoms with Crippen LogP contribution in [0.5, 0.6) is 0 Å². The van der Waals surface area contributed by atoms with Crippen molar-refractivity contribution in [1.29, 1.82) is 0 Å². The van der Waals surface area contributed by atoms with Crippen molar-refractivity contribution in [2.75, 3.05) is 11.9 Å². The van der Waals surface area contributed by atoms with E-state index in [0.29, 0.717) is 5.06 Å². The van der Waals surface area contributed by atoms with Gasteiger partial charge in [-0.25, -0.2) is 9.59 Å². The number of hydrogen-bond donors (Lipinski definition) is 4. The summed E-state index contributed by atoms with van der Waals surface area (Å²) in [7, 11) is 0. The number of rotatable bonds is 12. The summed E-state index contributed by atoms with van der Waals surface area (Å²) in [6.07, 6.45) is -1.32. The van der Waals surface area contributed by atoms with Crippen molar-refractivity contribution < 1.29 is 39.0 Å². The van der Waals surface area contributed by atoms with E-state index in [1.54, 1.807) is 0 Å². The lowest BCUT2D eigenvalue weighted by molar-refractivity contribution is -0.197. The fraction of sp³-hybridized carbons (Fsp3) is 0.600. The van der Waals surface area contributed by atoms with Gasteiger partial charge in [-0.3, -0.25) is 24.4 Å². The van der Waals surface area contributed by atoms with Crippen LogP contribution in [0.25, 0.3) is 10.4 Å². The first-order valence-corrected chi connectivity index (χ1v) is 11.4. The van der Waals surface area contributed by atoms with Crippen molar-refractivity contribution in [1.82, 2.24) is 20.0 Å². The van der Waals surface area contributed by atoms with E-state index in [9.17, 15) is 34.2 Å². The normalized spacial score (nSPS) is 21.9. The number of carbonyl (C=O) groups is 4. The lowest BCUT2D eigenvalue weighted by atomic mass is 10.1. The Balaban J connectivity index is 1.49. The van der Waals surface area contributed by atoms with Gasteiger partial charge in [0.25, 0.3) is 11.8 Å². The summed E-state index contributed by atoms with van der Waals surface area (Å²) in [5.41, 5.74) is 10.3. The summed E-state index contributed by atoms with van der Waals surface area (Å²) >= 11 is 0. The van der Waals surface area contributed by atoms with Gasteiger partial charge in [-0.1, -0.05) is 0 Å². The number of hydrogen-bond acceptors (Lipinski definition) is 11. The number of nitrogens with one attached hydrogen (secondary N) is 2. The van der Waals surface area contributed by atoms with E-state index in [4.69, 9.17) is 15.1 Å².